The van der Waals surface area contributed by atoms with Gasteiger partial charge >= 0.3 is 0 Å². The normalized spacial score (nSPS) is 12.3. The van der Waals surface area contributed by atoms with Crippen molar-refractivity contribution < 1.29 is 8.42 Å². The highest BCUT2D eigenvalue weighted by molar-refractivity contribution is 7.90. The number of sulfone groups is 1. The van der Waals surface area contributed by atoms with Crippen molar-refractivity contribution in [3.8, 4) is 22.5 Å². The summed E-state index contributed by atoms with van der Waals surface area (Å²) in [7, 11) is -2.98. The molecule has 164 valence electrons. The van der Waals surface area contributed by atoms with Crippen LogP contribution in [-0.2, 0) is 16.4 Å². The van der Waals surface area contributed by atoms with Gasteiger partial charge in [0.25, 0.3) is 0 Å². The van der Waals surface area contributed by atoms with Crippen LogP contribution in [0.1, 0.15) is 44.7 Å². The molecule has 0 spiro atoms. The molecule has 4 rings (SSSR count). The predicted molar refractivity (Wildman–Crippen MR) is 119 cm³/mol. The number of hydrogen-bond donors (Lipinski definition) is 1. The lowest BCUT2D eigenvalue weighted by atomic mass is 9.95. The Morgan fingerprint density at radius 1 is 1.13 bits per heavy atom. The number of H-pyrrole nitrogens is 1. The zero-order valence-corrected chi connectivity index (χ0v) is 18.8. The molecule has 4 heterocycles. The van der Waals surface area contributed by atoms with Crippen LogP contribution < -0.4 is 0 Å². The molecule has 1 N–H and O–H groups in total. The van der Waals surface area contributed by atoms with Crippen LogP contribution in [0.2, 0.25) is 0 Å². The van der Waals surface area contributed by atoms with E-state index in [9.17, 15) is 8.42 Å². The lowest BCUT2D eigenvalue weighted by molar-refractivity contribution is 0.576. The maximum Gasteiger partial charge on any atom is 0.147 e. The highest BCUT2D eigenvalue weighted by atomic mass is 32.2. The Morgan fingerprint density at radius 3 is 2.68 bits per heavy atom. The van der Waals surface area contributed by atoms with E-state index in [1.807, 2.05) is 29.2 Å². The fourth-order valence-electron chi connectivity index (χ4n) is 3.86. The summed E-state index contributed by atoms with van der Waals surface area (Å²) in [5, 5.41) is 16.3. The second-order valence-corrected chi connectivity index (χ2v) is 10.1. The van der Waals surface area contributed by atoms with Gasteiger partial charge in [-0.15, -0.1) is 0 Å². The van der Waals surface area contributed by atoms with Crippen LogP contribution >= 0.6 is 0 Å². The smallest absolute Gasteiger partial charge is 0.147 e. The monoisotopic (exact) mass is 441 g/mol. The summed E-state index contributed by atoms with van der Waals surface area (Å²) in [6.07, 6.45) is 12.9. The van der Waals surface area contributed by atoms with Gasteiger partial charge in [0, 0.05) is 41.7 Å². The Bertz CT molecular complexity index is 1280. The standard InChI is InChI=1S/C21H27N7O2S/c1-4-15(5-2)20-17(12-22-26-20)21-19-7-8-23-28(19)14-18(25-21)16-11-24-27(13-16)9-6-10-31(3,29)30/h7-8,11-15H,4-6,9-10H2,1-3H3,(H,22,26). The van der Waals surface area contributed by atoms with Gasteiger partial charge in [0.15, 0.2) is 0 Å². The predicted octanol–water partition coefficient (Wildman–Crippen LogP) is 3.32. The van der Waals surface area contributed by atoms with Gasteiger partial charge in [0.05, 0.1) is 41.8 Å². The van der Waals surface area contributed by atoms with Gasteiger partial charge in [-0.2, -0.15) is 15.3 Å². The molecule has 0 fully saturated rings. The van der Waals surface area contributed by atoms with Gasteiger partial charge in [0.1, 0.15) is 15.5 Å². The highest BCUT2D eigenvalue weighted by Gasteiger charge is 2.20. The minimum Gasteiger partial charge on any atom is -0.282 e. The van der Waals surface area contributed by atoms with E-state index < -0.39 is 9.84 Å². The fourth-order valence-corrected chi connectivity index (χ4v) is 4.52. The van der Waals surface area contributed by atoms with Crippen molar-refractivity contribution in [2.75, 3.05) is 12.0 Å². The number of rotatable bonds is 9. The molecule has 0 saturated heterocycles. The highest BCUT2D eigenvalue weighted by Crippen LogP contribution is 2.33. The van der Waals surface area contributed by atoms with Crippen LogP contribution in [0.4, 0.5) is 0 Å². The summed E-state index contributed by atoms with van der Waals surface area (Å²) < 4.78 is 26.3. The minimum absolute atomic E-state index is 0.142. The van der Waals surface area contributed by atoms with E-state index in [4.69, 9.17) is 4.98 Å². The van der Waals surface area contributed by atoms with Gasteiger partial charge in [-0.1, -0.05) is 13.8 Å². The first-order chi connectivity index (χ1) is 14.9. The second kappa shape index (κ2) is 8.62. The molecular weight excluding hydrogens is 414 g/mol. The molecule has 0 atom stereocenters. The van der Waals surface area contributed by atoms with Crippen LogP contribution in [0.15, 0.2) is 37.1 Å². The van der Waals surface area contributed by atoms with Crippen molar-refractivity contribution in [2.24, 2.45) is 0 Å². The van der Waals surface area contributed by atoms with Crippen molar-refractivity contribution in [3.05, 3.63) is 42.7 Å². The number of nitrogens with one attached hydrogen (secondary N) is 1. The summed E-state index contributed by atoms with van der Waals surface area (Å²) in [6.45, 7) is 4.88. The Kier molecular flexibility index (Phi) is 5.90. The van der Waals surface area contributed by atoms with Gasteiger partial charge in [-0.05, 0) is 25.3 Å². The molecule has 0 aliphatic carbocycles. The molecule has 0 aromatic carbocycles. The SMILES string of the molecule is CCC(CC)c1[nH]ncc1-c1nc(-c2cnn(CCCS(C)(=O)=O)c2)cn2nccc12. The van der Waals surface area contributed by atoms with E-state index in [-0.39, 0.29) is 5.75 Å². The fraction of sp³-hybridized carbons (Fsp3) is 0.429. The number of aromatic amines is 1. The molecule has 0 saturated carbocycles. The molecule has 0 unspecified atom stereocenters. The summed E-state index contributed by atoms with van der Waals surface area (Å²) in [6, 6.07) is 1.95. The molecule has 9 nitrogen and oxygen atoms in total. The number of hydrogen-bond acceptors (Lipinski definition) is 6. The second-order valence-electron chi connectivity index (χ2n) is 7.82. The van der Waals surface area contributed by atoms with Crippen LogP contribution in [0.25, 0.3) is 28.0 Å². The summed E-state index contributed by atoms with van der Waals surface area (Å²) in [5.41, 5.74) is 5.42. The Hall–Kier alpha value is -3.01. The molecule has 0 bridgehead atoms. The molecule has 0 amide bonds. The van der Waals surface area contributed by atoms with Crippen molar-refractivity contribution in [2.45, 2.75) is 45.6 Å². The van der Waals surface area contributed by atoms with E-state index in [0.717, 1.165) is 46.6 Å². The van der Waals surface area contributed by atoms with Gasteiger partial charge in [0.2, 0.25) is 0 Å². The molecule has 0 aliphatic rings. The Balaban J connectivity index is 1.70. The minimum atomic E-state index is -2.98. The van der Waals surface area contributed by atoms with E-state index in [1.54, 1.807) is 17.1 Å². The third-order valence-corrected chi connectivity index (χ3v) is 6.57. The van der Waals surface area contributed by atoms with Crippen molar-refractivity contribution in [1.82, 2.24) is 34.6 Å². The lowest BCUT2D eigenvalue weighted by Gasteiger charge is -2.13. The Labute approximate surface area is 181 Å². The first kappa shape index (κ1) is 21.2. The summed E-state index contributed by atoms with van der Waals surface area (Å²) in [4.78, 5) is 4.96. The average molecular weight is 442 g/mol. The number of aryl methyl sites for hydroxylation is 1. The van der Waals surface area contributed by atoms with E-state index in [0.29, 0.717) is 18.9 Å². The average Bonchev–Trinajstić information content (AvgIpc) is 3.48. The van der Waals surface area contributed by atoms with Crippen molar-refractivity contribution in [1.29, 1.82) is 0 Å². The number of aromatic nitrogens is 7. The third kappa shape index (κ3) is 4.53. The first-order valence-electron chi connectivity index (χ1n) is 10.5. The maximum atomic E-state index is 11.4. The van der Waals surface area contributed by atoms with Gasteiger partial charge in [-0.25, -0.2) is 17.9 Å². The molecule has 4 aromatic heterocycles. The molecule has 31 heavy (non-hydrogen) atoms. The molecule has 0 radical (unpaired) electrons. The molecule has 4 aromatic rings. The maximum absolute atomic E-state index is 11.4. The summed E-state index contributed by atoms with van der Waals surface area (Å²) >= 11 is 0. The zero-order valence-electron chi connectivity index (χ0n) is 18.0. The van der Waals surface area contributed by atoms with Crippen molar-refractivity contribution in [3.63, 3.8) is 0 Å². The number of fused-ring (bicyclic) bond motifs is 1. The number of nitrogens with zero attached hydrogens (tertiary/aromatic N) is 6. The first-order valence-corrected chi connectivity index (χ1v) is 12.5. The van der Waals surface area contributed by atoms with Crippen LogP contribution in [0.5, 0.6) is 0 Å². The quantitative estimate of drug-likeness (QED) is 0.426. The molecule has 0 aliphatic heterocycles. The van der Waals surface area contributed by atoms with Crippen LogP contribution in [0.3, 0.4) is 0 Å². The van der Waals surface area contributed by atoms with Crippen LogP contribution in [0, 0.1) is 0 Å². The topological polar surface area (TPSA) is 111 Å². The lowest BCUT2D eigenvalue weighted by Crippen LogP contribution is -2.07. The summed E-state index contributed by atoms with van der Waals surface area (Å²) in [5.74, 6) is 0.520. The van der Waals surface area contributed by atoms with Gasteiger partial charge < -0.3 is 0 Å². The molecule has 10 heteroatoms. The Morgan fingerprint density at radius 2 is 1.94 bits per heavy atom. The third-order valence-electron chi connectivity index (χ3n) is 5.54. The molecular formula is C21H27N7O2S. The van der Waals surface area contributed by atoms with Crippen LogP contribution in [-0.4, -0.2) is 55.0 Å². The largest absolute Gasteiger partial charge is 0.282 e. The van der Waals surface area contributed by atoms with Gasteiger partial charge in [-0.3, -0.25) is 9.78 Å². The van der Waals surface area contributed by atoms with E-state index in [2.05, 4.69) is 34.2 Å². The van der Waals surface area contributed by atoms with E-state index >= 15 is 0 Å². The van der Waals surface area contributed by atoms with E-state index in [1.165, 1.54) is 6.26 Å². The zero-order chi connectivity index (χ0) is 22.0. The van der Waals surface area contributed by atoms with Crippen molar-refractivity contribution >= 4 is 15.4 Å².